The third-order valence-corrected chi connectivity index (χ3v) is 7.53. The molecule has 0 radical (unpaired) electrons. The van der Waals surface area contributed by atoms with Crippen molar-refractivity contribution in [2.75, 3.05) is 27.1 Å². The zero-order chi connectivity index (χ0) is 24.2. The van der Waals surface area contributed by atoms with Crippen LogP contribution in [-0.4, -0.2) is 35.5 Å². The highest BCUT2D eigenvalue weighted by atomic mass is 32.2. The molecule has 0 aliphatic heterocycles. The van der Waals surface area contributed by atoms with E-state index in [4.69, 9.17) is 0 Å². The topological polar surface area (TPSA) is 113 Å². The van der Waals surface area contributed by atoms with E-state index in [0.717, 1.165) is 21.7 Å². The first-order chi connectivity index (χ1) is 15.5. The Kier molecular flexibility index (Phi) is 7.09. The Morgan fingerprint density at radius 2 is 1.45 bits per heavy atom. The summed E-state index contributed by atoms with van der Waals surface area (Å²) in [6.07, 6.45) is 1.04. The van der Waals surface area contributed by atoms with Gasteiger partial charge in [-0.3, -0.25) is 13.8 Å². The Morgan fingerprint density at radius 3 is 2.06 bits per heavy atom. The summed E-state index contributed by atoms with van der Waals surface area (Å²) in [6.45, 7) is 3.24. The number of aryl methyl sites for hydroxylation is 1. The van der Waals surface area contributed by atoms with Crippen LogP contribution in [0.15, 0.2) is 77.7 Å². The molecule has 3 rings (SSSR count). The molecule has 0 bridgehead atoms. The van der Waals surface area contributed by atoms with E-state index in [1.54, 1.807) is 49.4 Å². The lowest BCUT2D eigenvalue weighted by Crippen LogP contribution is -2.38. The lowest BCUT2D eigenvalue weighted by atomic mass is 10.1. The first kappa shape index (κ1) is 24.3. The highest BCUT2D eigenvalue weighted by Gasteiger charge is 2.23. The first-order valence-electron chi connectivity index (χ1n) is 9.99. The first-order valence-corrected chi connectivity index (χ1v) is 13.3. The standard InChI is InChI=1S/C23H25N3O5S2/c1-17-8-7-11-22(18(17)2)26(32(3,28)29)16-23(27)24-19-12-14-21(15-13-19)33(30,31)25-20-9-5-4-6-10-20/h4-15,25H,16H2,1-3H3,(H,24,27). The Balaban J connectivity index is 1.74. The van der Waals surface area contributed by atoms with Crippen molar-refractivity contribution >= 4 is 43.0 Å². The number of nitrogens with zero attached hydrogens (tertiary/aromatic N) is 1. The molecule has 1 amide bonds. The number of carbonyl (C=O) groups excluding carboxylic acids is 1. The largest absolute Gasteiger partial charge is 0.325 e. The minimum atomic E-state index is -3.79. The van der Waals surface area contributed by atoms with Gasteiger partial charge in [-0.2, -0.15) is 0 Å². The van der Waals surface area contributed by atoms with Crippen LogP contribution < -0.4 is 14.3 Å². The summed E-state index contributed by atoms with van der Waals surface area (Å²) in [5, 5.41) is 2.62. The van der Waals surface area contributed by atoms with Gasteiger partial charge in [-0.25, -0.2) is 16.8 Å². The van der Waals surface area contributed by atoms with Crippen LogP contribution in [0, 0.1) is 13.8 Å². The molecule has 0 unspecified atom stereocenters. The highest BCUT2D eigenvalue weighted by Crippen LogP contribution is 2.25. The summed E-state index contributed by atoms with van der Waals surface area (Å²) in [4.78, 5) is 12.6. The Labute approximate surface area is 194 Å². The number of sulfonamides is 2. The van der Waals surface area contributed by atoms with Gasteiger partial charge < -0.3 is 5.32 Å². The molecule has 0 aliphatic rings. The van der Waals surface area contributed by atoms with Crippen molar-refractivity contribution in [3.05, 3.63) is 83.9 Å². The summed E-state index contributed by atoms with van der Waals surface area (Å²) in [7, 11) is -7.51. The smallest absolute Gasteiger partial charge is 0.261 e. The predicted octanol–water partition coefficient (Wildman–Crippen LogP) is 3.51. The average molecular weight is 488 g/mol. The number of anilines is 3. The van der Waals surface area contributed by atoms with E-state index < -0.39 is 32.5 Å². The predicted molar refractivity (Wildman–Crippen MR) is 130 cm³/mol. The maximum absolute atomic E-state index is 12.6. The fourth-order valence-corrected chi connectivity index (χ4v) is 5.12. The number of carbonyl (C=O) groups is 1. The van der Waals surface area contributed by atoms with Gasteiger partial charge >= 0.3 is 0 Å². The molecule has 8 nitrogen and oxygen atoms in total. The second-order valence-electron chi connectivity index (χ2n) is 7.53. The molecule has 0 fully saturated rings. The molecule has 0 saturated carbocycles. The fraction of sp³-hybridized carbons (Fsp3) is 0.174. The number of para-hydroxylation sites is 1. The quantitative estimate of drug-likeness (QED) is 0.505. The van der Waals surface area contributed by atoms with Gasteiger partial charge in [-0.05, 0) is 67.4 Å². The van der Waals surface area contributed by atoms with Crippen LogP contribution in [0.25, 0.3) is 0 Å². The molecule has 0 heterocycles. The molecule has 174 valence electrons. The van der Waals surface area contributed by atoms with Gasteiger partial charge in [0.15, 0.2) is 0 Å². The zero-order valence-electron chi connectivity index (χ0n) is 18.4. The van der Waals surface area contributed by atoms with E-state index in [0.29, 0.717) is 17.1 Å². The van der Waals surface area contributed by atoms with Gasteiger partial charge in [0, 0.05) is 11.4 Å². The minimum Gasteiger partial charge on any atom is -0.325 e. The van der Waals surface area contributed by atoms with Crippen LogP contribution >= 0.6 is 0 Å². The number of hydrogen-bond acceptors (Lipinski definition) is 5. The van der Waals surface area contributed by atoms with Crippen molar-refractivity contribution in [3.8, 4) is 0 Å². The maximum atomic E-state index is 12.6. The molecule has 0 spiro atoms. The number of hydrogen-bond donors (Lipinski definition) is 2. The summed E-state index contributed by atoms with van der Waals surface area (Å²) >= 11 is 0. The Bertz CT molecular complexity index is 1350. The van der Waals surface area contributed by atoms with Gasteiger partial charge in [0.1, 0.15) is 6.54 Å². The van der Waals surface area contributed by atoms with Gasteiger partial charge in [-0.1, -0.05) is 30.3 Å². The van der Waals surface area contributed by atoms with Gasteiger partial charge in [0.2, 0.25) is 15.9 Å². The van der Waals surface area contributed by atoms with E-state index in [-0.39, 0.29) is 4.90 Å². The number of amides is 1. The molecule has 0 aromatic heterocycles. The van der Waals surface area contributed by atoms with Crippen molar-refractivity contribution in [2.24, 2.45) is 0 Å². The molecule has 33 heavy (non-hydrogen) atoms. The van der Waals surface area contributed by atoms with Crippen LogP contribution in [0.1, 0.15) is 11.1 Å². The third kappa shape index (κ3) is 6.11. The Morgan fingerprint density at radius 1 is 0.818 bits per heavy atom. The molecule has 0 saturated heterocycles. The van der Waals surface area contributed by atoms with E-state index in [1.807, 2.05) is 13.0 Å². The molecule has 0 aliphatic carbocycles. The molecular formula is C23H25N3O5S2. The number of nitrogens with one attached hydrogen (secondary N) is 2. The number of rotatable bonds is 8. The van der Waals surface area contributed by atoms with Gasteiger partial charge in [0.25, 0.3) is 10.0 Å². The zero-order valence-corrected chi connectivity index (χ0v) is 20.1. The highest BCUT2D eigenvalue weighted by molar-refractivity contribution is 7.92. The molecule has 0 atom stereocenters. The maximum Gasteiger partial charge on any atom is 0.261 e. The summed E-state index contributed by atoms with van der Waals surface area (Å²) in [5.41, 5.74) is 2.87. The van der Waals surface area contributed by atoms with Crippen molar-refractivity contribution < 1.29 is 21.6 Å². The van der Waals surface area contributed by atoms with Crippen molar-refractivity contribution in [2.45, 2.75) is 18.7 Å². The van der Waals surface area contributed by atoms with Crippen molar-refractivity contribution in [3.63, 3.8) is 0 Å². The summed E-state index contributed by atoms with van der Waals surface area (Å²) in [6, 6.07) is 19.3. The molecular weight excluding hydrogens is 462 g/mol. The van der Waals surface area contributed by atoms with E-state index in [9.17, 15) is 21.6 Å². The van der Waals surface area contributed by atoms with Crippen LogP contribution in [-0.2, 0) is 24.8 Å². The molecule has 2 N–H and O–H groups in total. The summed E-state index contributed by atoms with van der Waals surface area (Å²) < 4.78 is 53.3. The van der Waals surface area contributed by atoms with Crippen LogP contribution in [0.4, 0.5) is 17.1 Å². The lowest BCUT2D eigenvalue weighted by molar-refractivity contribution is -0.114. The molecule has 3 aromatic rings. The van der Waals surface area contributed by atoms with Crippen LogP contribution in [0.3, 0.4) is 0 Å². The fourth-order valence-electron chi connectivity index (χ4n) is 3.16. The summed E-state index contributed by atoms with van der Waals surface area (Å²) in [5.74, 6) is -0.556. The minimum absolute atomic E-state index is 0.0255. The second-order valence-corrected chi connectivity index (χ2v) is 11.1. The van der Waals surface area contributed by atoms with Crippen molar-refractivity contribution in [1.82, 2.24) is 0 Å². The molecule has 3 aromatic carbocycles. The number of benzene rings is 3. The van der Waals surface area contributed by atoms with E-state index in [2.05, 4.69) is 10.0 Å². The van der Waals surface area contributed by atoms with Crippen LogP contribution in [0.2, 0.25) is 0 Å². The van der Waals surface area contributed by atoms with Gasteiger partial charge in [-0.15, -0.1) is 0 Å². The average Bonchev–Trinajstić information content (AvgIpc) is 2.74. The van der Waals surface area contributed by atoms with E-state index >= 15 is 0 Å². The second kappa shape index (κ2) is 9.63. The lowest BCUT2D eigenvalue weighted by Gasteiger charge is -2.24. The Hall–Kier alpha value is -3.37. The van der Waals surface area contributed by atoms with E-state index in [1.165, 1.54) is 24.3 Å². The third-order valence-electron chi connectivity index (χ3n) is 5.01. The van der Waals surface area contributed by atoms with Crippen LogP contribution in [0.5, 0.6) is 0 Å². The normalized spacial score (nSPS) is 11.6. The monoisotopic (exact) mass is 487 g/mol. The van der Waals surface area contributed by atoms with Gasteiger partial charge in [0.05, 0.1) is 16.8 Å². The van der Waals surface area contributed by atoms with Crippen molar-refractivity contribution in [1.29, 1.82) is 0 Å². The molecule has 10 heteroatoms. The SMILES string of the molecule is Cc1cccc(N(CC(=O)Nc2ccc(S(=O)(=O)Nc3ccccc3)cc2)S(C)(=O)=O)c1C.